The molecule has 1 aromatic rings. The minimum absolute atomic E-state index is 0.0654. The van der Waals surface area contributed by atoms with Gasteiger partial charge < -0.3 is 24.9 Å². The van der Waals surface area contributed by atoms with E-state index in [1.54, 1.807) is 18.2 Å². The van der Waals surface area contributed by atoms with Crippen LogP contribution >= 0.6 is 0 Å². The Kier molecular flexibility index (Phi) is 12.9. The Bertz CT molecular complexity index is 768. The van der Waals surface area contributed by atoms with E-state index in [0.717, 1.165) is 11.3 Å². The van der Waals surface area contributed by atoms with Gasteiger partial charge in [0.05, 0.1) is 30.9 Å². The summed E-state index contributed by atoms with van der Waals surface area (Å²) in [6.07, 6.45) is 1.76. The van der Waals surface area contributed by atoms with Crippen LogP contribution in [0.25, 0.3) is 0 Å². The highest BCUT2D eigenvalue weighted by Gasteiger charge is 2.43. The first-order chi connectivity index (χ1) is 15.6. The maximum absolute atomic E-state index is 13.0. The van der Waals surface area contributed by atoms with Crippen LogP contribution in [-0.2, 0) is 19.1 Å². The Morgan fingerprint density at radius 2 is 1.78 bits per heavy atom. The van der Waals surface area contributed by atoms with Crippen molar-refractivity contribution in [2.24, 2.45) is 0 Å². The molecule has 0 saturated heterocycles. The Labute approximate surface area is 189 Å². The summed E-state index contributed by atoms with van der Waals surface area (Å²) in [6, 6.07) is 3.91. The number of imide groups is 1. The number of nitrogens with zero attached hydrogens (tertiary/aromatic N) is 1. The third kappa shape index (κ3) is 7.13. The Balaban J connectivity index is 0.00000249. The molecule has 9 heteroatoms. The van der Waals surface area contributed by atoms with Crippen molar-refractivity contribution in [1.82, 2.24) is 10.2 Å². The minimum Gasteiger partial charge on any atom is -0.382 e. The summed E-state index contributed by atoms with van der Waals surface area (Å²) >= 11 is 0. The zero-order valence-electron chi connectivity index (χ0n) is 19.4. The molecule has 0 spiro atoms. The number of amides is 3. The molecule has 3 amide bonds. The van der Waals surface area contributed by atoms with Crippen molar-refractivity contribution < 1.29 is 28.7 Å². The molecule has 1 aromatic carbocycles. The van der Waals surface area contributed by atoms with Gasteiger partial charge >= 0.3 is 0 Å². The summed E-state index contributed by atoms with van der Waals surface area (Å²) in [6.45, 7) is 8.59. The van der Waals surface area contributed by atoms with E-state index < -0.39 is 23.8 Å². The zero-order chi connectivity index (χ0) is 23.9. The van der Waals surface area contributed by atoms with E-state index in [0.29, 0.717) is 44.9 Å². The van der Waals surface area contributed by atoms with Crippen molar-refractivity contribution in [3.8, 4) is 0 Å². The summed E-state index contributed by atoms with van der Waals surface area (Å²) in [5.41, 5.74) is 0.970. The molecule has 1 aliphatic rings. The molecule has 1 atom stereocenters. The average Bonchev–Trinajstić information content (AvgIpc) is 3.08. The highest BCUT2D eigenvalue weighted by atomic mass is 16.5. The van der Waals surface area contributed by atoms with Gasteiger partial charge in [-0.25, -0.2) is 0 Å². The molecule has 2 rings (SSSR count). The van der Waals surface area contributed by atoms with Crippen molar-refractivity contribution in [2.45, 2.75) is 46.1 Å². The van der Waals surface area contributed by atoms with Crippen LogP contribution in [-0.4, -0.2) is 75.0 Å². The number of aldehydes is 1. The van der Waals surface area contributed by atoms with E-state index in [-0.39, 0.29) is 24.0 Å². The predicted octanol–water partition coefficient (Wildman–Crippen LogP) is 2.26. The van der Waals surface area contributed by atoms with Gasteiger partial charge in [-0.2, -0.15) is 0 Å². The monoisotopic (exact) mass is 449 g/mol. The van der Waals surface area contributed by atoms with E-state index in [1.807, 2.05) is 20.8 Å². The third-order valence-corrected chi connectivity index (χ3v) is 4.65. The normalized spacial score (nSPS) is 13.2. The van der Waals surface area contributed by atoms with Crippen LogP contribution < -0.4 is 10.6 Å². The molecule has 0 saturated carbocycles. The molecule has 0 aromatic heterocycles. The molecule has 1 heterocycles. The van der Waals surface area contributed by atoms with Crippen LogP contribution in [0.1, 0.15) is 60.7 Å². The molecule has 0 fully saturated rings. The number of hydrogen-bond acceptors (Lipinski definition) is 7. The molecular formula is C23H35N3O6. The van der Waals surface area contributed by atoms with Gasteiger partial charge in [-0.3, -0.25) is 19.3 Å². The fourth-order valence-corrected chi connectivity index (χ4v) is 3.23. The van der Waals surface area contributed by atoms with E-state index in [2.05, 4.69) is 10.6 Å². The summed E-state index contributed by atoms with van der Waals surface area (Å²) in [7, 11) is 1.43. The molecule has 1 aliphatic heterocycles. The van der Waals surface area contributed by atoms with Crippen molar-refractivity contribution in [3.63, 3.8) is 0 Å². The number of carbonyl (C=O) groups is 4. The molecule has 9 nitrogen and oxygen atoms in total. The maximum atomic E-state index is 13.0. The largest absolute Gasteiger partial charge is 0.382 e. The smallest absolute Gasteiger partial charge is 0.264 e. The molecule has 32 heavy (non-hydrogen) atoms. The molecule has 1 unspecified atom stereocenters. The van der Waals surface area contributed by atoms with Gasteiger partial charge in [0.15, 0.2) is 0 Å². The van der Waals surface area contributed by atoms with Crippen LogP contribution in [0.5, 0.6) is 0 Å². The Morgan fingerprint density at radius 1 is 1.09 bits per heavy atom. The van der Waals surface area contributed by atoms with Crippen molar-refractivity contribution in [3.05, 3.63) is 29.3 Å². The number of benzene rings is 1. The van der Waals surface area contributed by atoms with Gasteiger partial charge in [-0.05, 0) is 25.0 Å². The zero-order valence-corrected chi connectivity index (χ0v) is 19.4. The lowest BCUT2D eigenvalue weighted by Gasteiger charge is -2.24. The Hall–Kier alpha value is -2.78. The highest BCUT2D eigenvalue weighted by molar-refractivity contribution is 6.25. The number of hydrogen-bond donors (Lipinski definition) is 2. The van der Waals surface area contributed by atoms with Crippen LogP contribution in [0.15, 0.2) is 18.2 Å². The van der Waals surface area contributed by atoms with Gasteiger partial charge in [0.1, 0.15) is 12.3 Å². The Morgan fingerprint density at radius 3 is 2.41 bits per heavy atom. The van der Waals surface area contributed by atoms with Gasteiger partial charge in [-0.1, -0.05) is 26.8 Å². The molecule has 178 valence electrons. The summed E-state index contributed by atoms with van der Waals surface area (Å²) < 4.78 is 10.8. The fourth-order valence-electron chi connectivity index (χ4n) is 3.23. The van der Waals surface area contributed by atoms with E-state index >= 15 is 0 Å². The van der Waals surface area contributed by atoms with E-state index in [4.69, 9.17) is 9.47 Å². The summed E-state index contributed by atoms with van der Waals surface area (Å²) in [5, 5.41) is 5.58. The topological polar surface area (TPSA) is 114 Å². The summed E-state index contributed by atoms with van der Waals surface area (Å²) in [5.74, 6) is -1.58. The van der Waals surface area contributed by atoms with Crippen LogP contribution in [0.4, 0.5) is 5.69 Å². The molecule has 0 aliphatic carbocycles. The van der Waals surface area contributed by atoms with Crippen LogP contribution in [0, 0.1) is 0 Å². The lowest BCUT2D eigenvalue weighted by molar-refractivity contribution is -0.124. The second-order valence-corrected chi connectivity index (χ2v) is 6.73. The van der Waals surface area contributed by atoms with E-state index in [1.165, 1.54) is 7.05 Å². The lowest BCUT2D eigenvalue weighted by atomic mass is 10.1. The number of carbonyl (C=O) groups excluding carboxylic acids is 4. The predicted molar refractivity (Wildman–Crippen MR) is 122 cm³/mol. The average molecular weight is 450 g/mol. The van der Waals surface area contributed by atoms with Crippen LogP contribution in [0.2, 0.25) is 0 Å². The quantitative estimate of drug-likeness (QED) is 0.254. The van der Waals surface area contributed by atoms with Gasteiger partial charge in [0.2, 0.25) is 5.91 Å². The number of ether oxygens (including phenoxy) is 2. The van der Waals surface area contributed by atoms with Gasteiger partial charge in [-0.15, -0.1) is 0 Å². The van der Waals surface area contributed by atoms with Gasteiger partial charge in [0.25, 0.3) is 11.8 Å². The van der Waals surface area contributed by atoms with E-state index in [9.17, 15) is 19.2 Å². The number of anilines is 1. The molecule has 2 N–H and O–H groups in total. The minimum atomic E-state index is -1.04. The number of rotatable bonds is 14. The van der Waals surface area contributed by atoms with Crippen molar-refractivity contribution in [2.75, 3.05) is 45.3 Å². The lowest BCUT2D eigenvalue weighted by Crippen LogP contribution is -2.48. The molecular weight excluding hydrogens is 414 g/mol. The fraction of sp³-hybridized carbons (Fsp3) is 0.565. The second kappa shape index (κ2) is 15.1. The third-order valence-electron chi connectivity index (χ3n) is 4.65. The standard InChI is InChI=1S/C21H29N3O6.C2H6/c1-3-11-29-13-14-30-12-9-23-16-7-4-6-15-18(16)21(28)24(20(15)27)17(8-5-10-25)19(26)22-2;1-2/h4,6-7,10,17,23H,3,5,8-9,11-14H2,1-2H3,(H,22,26);1-2H3. The first kappa shape index (κ1) is 27.3. The van der Waals surface area contributed by atoms with Crippen LogP contribution in [0.3, 0.4) is 0 Å². The van der Waals surface area contributed by atoms with Gasteiger partial charge in [0, 0.05) is 32.3 Å². The maximum Gasteiger partial charge on any atom is 0.264 e. The summed E-state index contributed by atoms with van der Waals surface area (Å²) in [4.78, 5) is 49.9. The SMILES string of the molecule is CC.CCCOCCOCCNc1cccc2c1C(=O)N(C(CCC=O)C(=O)NC)C2=O. The van der Waals surface area contributed by atoms with Crippen molar-refractivity contribution in [1.29, 1.82) is 0 Å². The first-order valence-electron chi connectivity index (χ1n) is 11.1. The highest BCUT2D eigenvalue weighted by Crippen LogP contribution is 2.31. The molecule has 0 radical (unpaired) electrons. The molecule has 0 bridgehead atoms. The van der Waals surface area contributed by atoms with Crippen molar-refractivity contribution >= 4 is 29.7 Å². The second-order valence-electron chi connectivity index (χ2n) is 6.73. The number of nitrogens with one attached hydrogen (secondary N) is 2. The first-order valence-corrected chi connectivity index (χ1v) is 11.1. The number of fused-ring (bicyclic) bond motifs is 1. The number of likely N-dealkylation sites (N-methyl/N-ethyl adjacent to an activating group) is 1.